The van der Waals surface area contributed by atoms with E-state index in [0.717, 1.165) is 6.42 Å². The lowest BCUT2D eigenvalue weighted by Crippen LogP contribution is -2.42. The summed E-state index contributed by atoms with van der Waals surface area (Å²) in [6.07, 6.45) is 3.02. The van der Waals surface area contributed by atoms with Crippen LogP contribution in [0.2, 0.25) is 0 Å². The Morgan fingerprint density at radius 1 is 1.05 bits per heavy atom. The second-order valence-electron chi connectivity index (χ2n) is 14.6. The molecule has 0 radical (unpaired) electrons. The molecule has 3 fully saturated rings. The van der Waals surface area contributed by atoms with Gasteiger partial charge < -0.3 is 14.6 Å². The Morgan fingerprint density at radius 2 is 1.60 bits per heavy atom. The summed E-state index contributed by atoms with van der Waals surface area (Å²) in [5, 5.41) is 17.8. The van der Waals surface area contributed by atoms with Crippen LogP contribution in [0.4, 0.5) is 0 Å². The molecule has 1 heterocycles. The van der Waals surface area contributed by atoms with Gasteiger partial charge in [-0.15, -0.1) is 0 Å². The summed E-state index contributed by atoms with van der Waals surface area (Å²) in [5.74, 6) is -0.738. The quantitative estimate of drug-likeness (QED) is 0.326. The zero-order chi connectivity index (χ0) is 32.3. The van der Waals surface area contributed by atoms with Gasteiger partial charge in [-0.05, 0) is 82.3 Å². The van der Waals surface area contributed by atoms with E-state index < -0.39 is 34.3 Å². The number of carbonyl (C=O) groups excluding carboxylic acids is 2. The normalized spacial score (nSPS) is 26.6. The SMILES string of the molecule is CCC(C)(C)C(=O)O.CCC(C)(C)C(=O)OC1C2CC3C1OC(=O)C3(C#N)C2.CCC(C)c1ccc(C(C)(C)C)cc1. The Labute approximate surface area is 253 Å². The minimum absolute atomic E-state index is 0.0766. The molecule has 0 aromatic heterocycles. The molecule has 2 bridgehead atoms. The molecular weight excluding hydrogens is 530 g/mol. The van der Waals surface area contributed by atoms with Gasteiger partial charge in [0.2, 0.25) is 0 Å². The van der Waals surface area contributed by atoms with Crippen molar-refractivity contribution in [3.63, 3.8) is 0 Å². The Balaban J connectivity index is 0.000000245. The molecule has 1 N–H and O–H groups in total. The van der Waals surface area contributed by atoms with E-state index in [2.05, 4.69) is 65.0 Å². The molecule has 42 heavy (non-hydrogen) atoms. The molecule has 7 heteroatoms. The van der Waals surface area contributed by atoms with E-state index in [1.165, 1.54) is 17.5 Å². The zero-order valence-electron chi connectivity index (χ0n) is 27.7. The molecule has 1 aromatic rings. The van der Waals surface area contributed by atoms with Crippen molar-refractivity contribution in [1.29, 1.82) is 5.26 Å². The van der Waals surface area contributed by atoms with E-state index in [-0.39, 0.29) is 29.3 Å². The lowest BCUT2D eigenvalue weighted by atomic mass is 9.74. The molecule has 1 saturated heterocycles. The lowest BCUT2D eigenvalue weighted by molar-refractivity contribution is -0.170. The summed E-state index contributed by atoms with van der Waals surface area (Å²) >= 11 is 0. The number of hydrogen-bond acceptors (Lipinski definition) is 6. The van der Waals surface area contributed by atoms with Gasteiger partial charge in [0.05, 0.1) is 16.9 Å². The van der Waals surface area contributed by atoms with Crippen molar-refractivity contribution in [3.8, 4) is 6.07 Å². The van der Waals surface area contributed by atoms with Gasteiger partial charge in [0, 0.05) is 11.8 Å². The van der Waals surface area contributed by atoms with Crippen LogP contribution in [0.1, 0.15) is 125 Å². The summed E-state index contributed by atoms with van der Waals surface area (Å²) in [7, 11) is 0. The molecule has 2 aliphatic carbocycles. The molecule has 3 aliphatic rings. The van der Waals surface area contributed by atoms with Gasteiger partial charge in [0.15, 0.2) is 5.41 Å². The van der Waals surface area contributed by atoms with Gasteiger partial charge in [-0.2, -0.15) is 5.26 Å². The van der Waals surface area contributed by atoms with Crippen LogP contribution in [0.25, 0.3) is 0 Å². The Morgan fingerprint density at radius 3 is 2.00 bits per heavy atom. The van der Waals surface area contributed by atoms with Crippen molar-refractivity contribution >= 4 is 17.9 Å². The van der Waals surface area contributed by atoms with E-state index in [9.17, 15) is 19.6 Å². The van der Waals surface area contributed by atoms with Crippen LogP contribution < -0.4 is 0 Å². The van der Waals surface area contributed by atoms with E-state index >= 15 is 0 Å². The summed E-state index contributed by atoms with van der Waals surface area (Å²) in [6, 6.07) is 11.2. The van der Waals surface area contributed by atoms with Crippen molar-refractivity contribution < 1.29 is 29.0 Å². The molecule has 234 valence electrons. The van der Waals surface area contributed by atoms with Gasteiger partial charge in [-0.25, -0.2) is 0 Å². The van der Waals surface area contributed by atoms with Crippen molar-refractivity contribution in [2.24, 2.45) is 28.1 Å². The Kier molecular flexibility index (Phi) is 11.1. The van der Waals surface area contributed by atoms with Crippen molar-refractivity contribution in [1.82, 2.24) is 0 Å². The topological polar surface area (TPSA) is 114 Å². The van der Waals surface area contributed by atoms with Gasteiger partial charge in [0.25, 0.3) is 0 Å². The monoisotopic (exact) mass is 583 g/mol. The highest BCUT2D eigenvalue weighted by molar-refractivity contribution is 5.84. The maximum Gasteiger partial charge on any atom is 0.327 e. The number of ether oxygens (including phenoxy) is 2. The minimum Gasteiger partial charge on any atom is -0.481 e. The van der Waals surface area contributed by atoms with E-state index in [4.69, 9.17) is 14.6 Å². The summed E-state index contributed by atoms with van der Waals surface area (Å²) in [5.41, 5.74) is 1.11. The maximum atomic E-state index is 12.2. The van der Waals surface area contributed by atoms with Crippen molar-refractivity contribution in [2.75, 3.05) is 0 Å². The molecule has 7 nitrogen and oxygen atoms in total. The van der Waals surface area contributed by atoms with Gasteiger partial charge in [0.1, 0.15) is 12.2 Å². The Bertz CT molecular complexity index is 1160. The van der Waals surface area contributed by atoms with Crippen LogP contribution >= 0.6 is 0 Å². The van der Waals surface area contributed by atoms with Gasteiger partial charge in [-0.1, -0.05) is 72.7 Å². The second-order valence-corrected chi connectivity index (χ2v) is 14.6. The predicted molar refractivity (Wildman–Crippen MR) is 164 cm³/mol. The smallest absolute Gasteiger partial charge is 0.327 e. The summed E-state index contributed by atoms with van der Waals surface area (Å²) in [4.78, 5) is 34.4. The van der Waals surface area contributed by atoms with Gasteiger partial charge in [-0.3, -0.25) is 14.4 Å². The second kappa shape index (κ2) is 13.2. The fourth-order valence-electron chi connectivity index (χ4n) is 5.41. The number of hydrogen-bond donors (Lipinski definition) is 1. The third kappa shape index (κ3) is 7.36. The Hall–Kier alpha value is -2.88. The van der Waals surface area contributed by atoms with Crippen LogP contribution in [0, 0.1) is 39.4 Å². The van der Waals surface area contributed by atoms with E-state index in [1.807, 2.05) is 27.7 Å². The highest BCUT2D eigenvalue weighted by Gasteiger charge is 2.72. The number of nitrogens with zero attached hydrogens (tertiary/aromatic N) is 1. The van der Waals surface area contributed by atoms with Crippen molar-refractivity contribution in [2.45, 2.75) is 132 Å². The first-order valence-electron chi connectivity index (χ1n) is 15.5. The van der Waals surface area contributed by atoms with E-state index in [1.54, 1.807) is 13.8 Å². The van der Waals surface area contributed by atoms with E-state index in [0.29, 0.717) is 25.2 Å². The molecule has 2 saturated carbocycles. The standard InChI is InChI=1S/C15H19NO4.C14H22.C6H12O2/c1-4-14(2,3)12(17)19-10-8-5-9-11(10)20-13(18)15(9,6-8)7-16;1-6-11(2)12-7-9-13(10-8-12)14(3,4)5;1-4-6(2,3)5(7)8/h8-11H,4-6H2,1-3H3;7-11H,6H2,1-5H3;4H2,1-3H3,(H,7,8). The number of fused-ring (bicyclic) bond motifs is 1. The maximum absolute atomic E-state index is 12.2. The number of benzene rings is 1. The third-order valence-corrected chi connectivity index (χ3v) is 9.87. The van der Waals surface area contributed by atoms with Gasteiger partial charge >= 0.3 is 17.9 Å². The molecule has 6 atom stereocenters. The average molecular weight is 584 g/mol. The molecule has 4 rings (SSSR count). The van der Waals surface area contributed by atoms with Crippen LogP contribution in [-0.4, -0.2) is 35.2 Å². The zero-order valence-corrected chi connectivity index (χ0v) is 27.7. The number of carboxylic acid groups (broad SMARTS) is 1. The molecular formula is C35H53NO6. The average Bonchev–Trinajstić information content (AvgIpc) is 3.55. The molecule has 1 aromatic carbocycles. The predicted octanol–water partition coefficient (Wildman–Crippen LogP) is 7.81. The summed E-state index contributed by atoms with van der Waals surface area (Å²) < 4.78 is 11.0. The van der Waals surface area contributed by atoms with Crippen LogP contribution in [0.15, 0.2) is 24.3 Å². The highest BCUT2D eigenvalue weighted by atomic mass is 16.6. The first kappa shape index (κ1) is 35.3. The summed E-state index contributed by atoms with van der Waals surface area (Å²) in [6.45, 7) is 22.2. The highest BCUT2D eigenvalue weighted by Crippen LogP contribution is 2.62. The number of aliphatic carboxylic acids is 1. The first-order chi connectivity index (χ1) is 19.3. The fourth-order valence-corrected chi connectivity index (χ4v) is 5.41. The van der Waals surface area contributed by atoms with Crippen LogP contribution in [0.3, 0.4) is 0 Å². The molecule has 6 unspecified atom stereocenters. The van der Waals surface area contributed by atoms with Crippen LogP contribution in [0.5, 0.6) is 0 Å². The van der Waals surface area contributed by atoms with Crippen LogP contribution in [-0.2, 0) is 29.3 Å². The number of carboxylic acids is 1. The molecule has 0 amide bonds. The fraction of sp³-hybridized carbons (Fsp3) is 0.714. The van der Waals surface area contributed by atoms with Crippen molar-refractivity contribution in [3.05, 3.63) is 35.4 Å². The minimum atomic E-state index is -0.974. The largest absolute Gasteiger partial charge is 0.481 e. The number of esters is 2. The third-order valence-electron chi connectivity index (χ3n) is 9.87. The lowest BCUT2D eigenvalue weighted by Gasteiger charge is -2.30. The first-order valence-corrected chi connectivity index (χ1v) is 15.5. The number of nitriles is 1. The molecule has 0 spiro atoms. The molecule has 1 aliphatic heterocycles. The number of rotatable bonds is 7. The number of carbonyl (C=O) groups is 3.